The van der Waals surface area contributed by atoms with Gasteiger partial charge in [0.25, 0.3) is 0 Å². The van der Waals surface area contributed by atoms with E-state index in [1.165, 1.54) is 18.2 Å². The number of hydrogen-bond acceptors (Lipinski definition) is 3. The van der Waals surface area contributed by atoms with Crippen LogP contribution in [0.25, 0.3) is 0 Å². The smallest absolute Gasteiger partial charge is 0.330 e. The van der Waals surface area contributed by atoms with E-state index in [2.05, 4.69) is 5.32 Å². The number of aliphatic carboxylic acids is 1. The summed E-state index contributed by atoms with van der Waals surface area (Å²) in [6.45, 7) is 2.36. The van der Waals surface area contributed by atoms with Crippen LogP contribution in [0.2, 0.25) is 0 Å². The van der Waals surface area contributed by atoms with Crippen LogP contribution < -0.4 is 5.32 Å². The Morgan fingerprint density at radius 3 is 2.80 bits per heavy atom. The summed E-state index contributed by atoms with van der Waals surface area (Å²) in [5.41, 5.74) is 0.691. The lowest BCUT2D eigenvalue weighted by Crippen LogP contribution is -2.38. The van der Waals surface area contributed by atoms with Crippen molar-refractivity contribution in [2.24, 2.45) is 5.92 Å². The van der Waals surface area contributed by atoms with Crippen LogP contribution in [0, 0.1) is 18.7 Å². The molecule has 2 rings (SSSR count). The van der Waals surface area contributed by atoms with Crippen LogP contribution in [0.3, 0.4) is 0 Å². The molecule has 5 nitrogen and oxygen atoms in total. The minimum Gasteiger partial charge on any atom is -0.479 e. The number of hydrogen-bond donors (Lipinski definition) is 2. The largest absolute Gasteiger partial charge is 0.479 e. The summed E-state index contributed by atoms with van der Waals surface area (Å²) < 4.78 is 18.3. The van der Waals surface area contributed by atoms with Gasteiger partial charge in [0.1, 0.15) is 5.82 Å². The van der Waals surface area contributed by atoms with Gasteiger partial charge in [0, 0.05) is 6.61 Å². The van der Waals surface area contributed by atoms with Crippen molar-refractivity contribution in [1.82, 2.24) is 5.32 Å². The van der Waals surface area contributed by atoms with E-state index in [4.69, 9.17) is 4.74 Å². The highest BCUT2D eigenvalue weighted by Gasteiger charge is 2.29. The molecule has 2 atom stereocenters. The maximum atomic E-state index is 13.2. The van der Waals surface area contributed by atoms with E-state index >= 15 is 0 Å². The minimum atomic E-state index is -1.18. The standard InChI is InChI=1S/C14H16FNO4/c1-8-6-9(2-3-11(8)15)12(14(18)19)16-13(17)10-4-5-20-7-10/h2-3,6,10,12H,4-5,7H2,1H3,(H,16,17)(H,18,19). The van der Waals surface area contributed by atoms with Crippen molar-refractivity contribution < 1.29 is 23.8 Å². The first-order valence-corrected chi connectivity index (χ1v) is 6.36. The molecule has 0 bridgehead atoms. The molecule has 1 aromatic carbocycles. The van der Waals surface area contributed by atoms with Crippen LogP contribution in [0.15, 0.2) is 18.2 Å². The number of carbonyl (C=O) groups is 2. The number of benzene rings is 1. The van der Waals surface area contributed by atoms with Gasteiger partial charge in [-0.15, -0.1) is 0 Å². The summed E-state index contributed by atoms with van der Waals surface area (Å²) in [4.78, 5) is 23.3. The first kappa shape index (κ1) is 14.5. The van der Waals surface area contributed by atoms with Gasteiger partial charge < -0.3 is 15.2 Å². The number of amides is 1. The Morgan fingerprint density at radius 1 is 1.50 bits per heavy atom. The van der Waals surface area contributed by atoms with Crippen molar-refractivity contribution in [3.8, 4) is 0 Å². The zero-order valence-electron chi connectivity index (χ0n) is 11.1. The van der Waals surface area contributed by atoms with Crippen LogP contribution in [-0.2, 0) is 14.3 Å². The number of carboxylic acids is 1. The Balaban J connectivity index is 2.16. The van der Waals surface area contributed by atoms with Gasteiger partial charge in [0.05, 0.1) is 12.5 Å². The van der Waals surface area contributed by atoms with Crippen LogP contribution in [0.5, 0.6) is 0 Å². The van der Waals surface area contributed by atoms with Crippen LogP contribution >= 0.6 is 0 Å². The Labute approximate surface area is 115 Å². The molecular weight excluding hydrogens is 265 g/mol. The highest BCUT2D eigenvalue weighted by atomic mass is 19.1. The first-order chi connectivity index (χ1) is 9.49. The average Bonchev–Trinajstić information content (AvgIpc) is 2.93. The molecule has 0 saturated carbocycles. The van der Waals surface area contributed by atoms with E-state index in [1.807, 2.05) is 0 Å². The number of rotatable bonds is 4. The van der Waals surface area contributed by atoms with Crippen molar-refractivity contribution in [3.05, 3.63) is 35.1 Å². The summed E-state index contributed by atoms with van der Waals surface area (Å²) >= 11 is 0. The second-order valence-electron chi connectivity index (χ2n) is 4.85. The quantitative estimate of drug-likeness (QED) is 0.875. The van der Waals surface area contributed by atoms with Gasteiger partial charge in [0.15, 0.2) is 6.04 Å². The Bertz CT molecular complexity index is 526. The molecule has 108 valence electrons. The molecule has 1 saturated heterocycles. The molecule has 2 N–H and O–H groups in total. The van der Waals surface area contributed by atoms with Crippen molar-refractivity contribution in [1.29, 1.82) is 0 Å². The van der Waals surface area contributed by atoms with Gasteiger partial charge in [-0.3, -0.25) is 4.79 Å². The normalized spacial score (nSPS) is 19.6. The molecule has 1 aliphatic rings. The monoisotopic (exact) mass is 281 g/mol. The maximum absolute atomic E-state index is 13.2. The van der Waals surface area contributed by atoms with Gasteiger partial charge in [-0.2, -0.15) is 0 Å². The fourth-order valence-corrected chi connectivity index (χ4v) is 2.14. The second-order valence-corrected chi connectivity index (χ2v) is 4.85. The van der Waals surface area contributed by atoms with E-state index in [9.17, 15) is 19.1 Å². The predicted octanol–water partition coefficient (Wildman–Crippen LogP) is 1.41. The summed E-state index contributed by atoms with van der Waals surface area (Å²) in [5.74, 6) is -2.26. The Kier molecular flexibility index (Phi) is 4.34. The van der Waals surface area contributed by atoms with Crippen LogP contribution in [0.1, 0.15) is 23.6 Å². The molecule has 20 heavy (non-hydrogen) atoms. The fourth-order valence-electron chi connectivity index (χ4n) is 2.14. The number of aryl methyl sites for hydroxylation is 1. The molecule has 6 heteroatoms. The molecule has 0 aromatic heterocycles. The maximum Gasteiger partial charge on any atom is 0.330 e. The summed E-state index contributed by atoms with van der Waals surface area (Å²) in [7, 11) is 0. The topological polar surface area (TPSA) is 75.6 Å². The highest BCUT2D eigenvalue weighted by Crippen LogP contribution is 2.19. The molecular formula is C14H16FNO4. The number of ether oxygens (including phenoxy) is 1. The lowest BCUT2D eigenvalue weighted by atomic mass is 10.0. The third kappa shape index (κ3) is 3.14. The molecule has 2 unspecified atom stereocenters. The molecule has 1 fully saturated rings. The predicted molar refractivity (Wildman–Crippen MR) is 68.6 cm³/mol. The summed E-state index contributed by atoms with van der Waals surface area (Å²) in [5, 5.41) is 11.7. The van der Waals surface area contributed by atoms with Crippen molar-refractivity contribution in [3.63, 3.8) is 0 Å². The molecule has 1 aliphatic heterocycles. The molecule has 0 spiro atoms. The first-order valence-electron chi connectivity index (χ1n) is 6.36. The van der Waals surface area contributed by atoms with Crippen LogP contribution in [0.4, 0.5) is 4.39 Å². The Morgan fingerprint density at radius 2 is 2.25 bits per heavy atom. The van der Waals surface area contributed by atoms with Crippen molar-refractivity contribution in [2.75, 3.05) is 13.2 Å². The van der Waals surface area contributed by atoms with Gasteiger partial charge in [-0.05, 0) is 30.5 Å². The van der Waals surface area contributed by atoms with Gasteiger partial charge in [-0.1, -0.05) is 12.1 Å². The molecule has 0 radical (unpaired) electrons. The zero-order chi connectivity index (χ0) is 14.7. The van der Waals surface area contributed by atoms with Crippen molar-refractivity contribution >= 4 is 11.9 Å². The fraction of sp³-hybridized carbons (Fsp3) is 0.429. The average molecular weight is 281 g/mol. The van der Waals surface area contributed by atoms with E-state index in [-0.39, 0.29) is 11.8 Å². The summed E-state index contributed by atoms with van der Waals surface area (Å²) in [6.07, 6.45) is 0.584. The third-order valence-electron chi connectivity index (χ3n) is 3.35. The molecule has 1 amide bonds. The van der Waals surface area contributed by atoms with E-state index < -0.39 is 17.8 Å². The van der Waals surface area contributed by atoms with Gasteiger partial charge >= 0.3 is 5.97 Å². The molecule has 0 aliphatic carbocycles. The van der Waals surface area contributed by atoms with Gasteiger partial charge in [0.2, 0.25) is 5.91 Å². The number of nitrogens with one attached hydrogen (secondary N) is 1. The van der Waals surface area contributed by atoms with E-state index in [0.29, 0.717) is 30.8 Å². The lowest BCUT2D eigenvalue weighted by Gasteiger charge is -2.17. The zero-order valence-corrected chi connectivity index (χ0v) is 11.1. The number of carboxylic acid groups (broad SMARTS) is 1. The number of carbonyl (C=O) groups excluding carboxylic acids is 1. The Hall–Kier alpha value is -1.95. The number of halogens is 1. The molecule has 1 aromatic rings. The second kappa shape index (κ2) is 6.00. The summed E-state index contributed by atoms with van der Waals surface area (Å²) in [6, 6.07) is 2.82. The van der Waals surface area contributed by atoms with E-state index in [0.717, 1.165) is 0 Å². The van der Waals surface area contributed by atoms with Gasteiger partial charge in [-0.25, -0.2) is 9.18 Å². The third-order valence-corrected chi connectivity index (χ3v) is 3.35. The van der Waals surface area contributed by atoms with Crippen LogP contribution in [-0.4, -0.2) is 30.2 Å². The molecule has 1 heterocycles. The van der Waals surface area contributed by atoms with E-state index in [1.54, 1.807) is 6.92 Å². The lowest BCUT2D eigenvalue weighted by molar-refractivity contribution is -0.142. The minimum absolute atomic E-state index is 0.306. The SMILES string of the molecule is Cc1cc(C(NC(=O)C2CCOC2)C(=O)O)ccc1F. The highest BCUT2D eigenvalue weighted by molar-refractivity contribution is 5.86. The van der Waals surface area contributed by atoms with Crippen molar-refractivity contribution in [2.45, 2.75) is 19.4 Å².